The number of aryl methyl sites for hydroxylation is 4. The third-order valence-electron chi connectivity index (χ3n) is 6.08. The van der Waals surface area contributed by atoms with Crippen LogP contribution in [0, 0.1) is 13.8 Å². The van der Waals surface area contributed by atoms with Crippen LogP contribution < -0.4 is 11.1 Å². The standard InChI is InChI=1S/C22H24N4O2S3/c1-5-26-21(28)16-13-8-6-7-9-14(13)31-20(16)25-22(26)30-12(4)17-23-18(27)15-10(2)11(3)29-19(15)24-17/h12H,5-9H2,1-4H3,(H,23,24,27). The van der Waals surface area contributed by atoms with Crippen molar-refractivity contribution in [3.8, 4) is 0 Å². The lowest BCUT2D eigenvalue weighted by atomic mass is 9.97. The summed E-state index contributed by atoms with van der Waals surface area (Å²) in [5, 5.41) is 2.04. The summed E-state index contributed by atoms with van der Waals surface area (Å²) in [6, 6.07) is 0. The van der Waals surface area contributed by atoms with Crippen LogP contribution in [0.4, 0.5) is 0 Å². The Morgan fingerprint density at radius 3 is 2.61 bits per heavy atom. The van der Waals surface area contributed by atoms with Crippen molar-refractivity contribution < 1.29 is 0 Å². The Morgan fingerprint density at radius 1 is 1.10 bits per heavy atom. The smallest absolute Gasteiger partial charge is 0.263 e. The Kier molecular flexibility index (Phi) is 5.30. The fourth-order valence-corrected chi connectivity index (χ4v) is 7.64. The topological polar surface area (TPSA) is 80.6 Å². The van der Waals surface area contributed by atoms with Crippen LogP contribution in [0.2, 0.25) is 0 Å². The van der Waals surface area contributed by atoms with Gasteiger partial charge in [-0.25, -0.2) is 9.97 Å². The molecule has 9 heteroatoms. The Morgan fingerprint density at radius 2 is 1.84 bits per heavy atom. The minimum atomic E-state index is -0.142. The summed E-state index contributed by atoms with van der Waals surface area (Å²) in [5.74, 6) is 0.617. The zero-order valence-corrected chi connectivity index (χ0v) is 20.4. The average molecular weight is 473 g/mol. The summed E-state index contributed by atoms with van der Waals surface area (Å²) in [4.78, 5) is 42.7. The van der Waals surface area contributed by atoms with E-state index in [1.807, 2.05) is 27.7 Å². The number of nitrogens with zero attached hydrogens (tertiary/aromatic N) is 3. The van der Waals surface area contributed by atoms with Crippen molar-refractivity contribution in [2.45, 2.75) is 70.3 Å². The van der Waals surface area contributed by atoms with Gasteiger partial charge >= 0.3 is 0 Å². The van der Waals surface area contributed by atoms with Crippen LogP contribution in [0.15, 0.2) is 14.7 Å². The number of aromatic amines is 1. The van der Waals surface area contributed by atoms with Gasteiger partial charge in [0.15, 0.2) is 5.16 Å². The van der Waals surface area contributed by atoms with E-state index in [1.54, 1.807) is 27.2 Å². The van der Waals surface area contributed by atoms with Gasteiger partial charge in [-0.15, -0.1) is 22.7 Å². The second kappa shape index (κ2) is 7.86. The first-order valence-corrected chi connectivity index (χ1v) is 13.1. The number of hydrogen-bond donors (Lipinski definition) is 1. The molecule has 4 heterocycles. The van der Waals surface area contributed by atoms with Crippen LogP contribution in [-0.2, 0) is 19.4 Å². The van der Waals surface area contributed by atoms with Crippen molar-refractivity contribution in [1.29, 1.82) is 0 Å². The first-order chi connectivity index (χ1) is 14.9. The Labute approximate surface area is 191 Å². The number of H-pyrrole nitrogens is 1. The first-order valence-electron chi connectivity index (χ1n) is 10.6. The molecule has 0 saturated heterocycles. The Balaban J connectivity index is 1.58. The highest BCUT2D eigenvalue weighted by Crippen LogP contribution is 2.37. The monoisotopic (exact) mass is 472 g/mol. The van der Waals surface area contributed by atoms with Gasteiger partial charge in [0, 0.05) is 16.3 Å². The van der Waals surface area contributed by atoms with E-state index in [1.165, 1.54) is 28.6 Å². The van der Waals surface area contributed by atoms with E-state index in [-0.39, 0.29) is 16.4 Å². The molecule has 0 fully saturated rings. The molecule has 0 saturated carbocycles. The summed E-state index contributed by atoms with van der Waals surface area (Å²) >= 11 is 4.70. The minimum absolute atomic E-state index is 0.0583. The molecule has 4 aromatic heterocycles. The summed E-state index contributed by atoms with van der Waals surface area (Å²) in [5.41, 5.74) is 2.17. The zero-order chi connectivity index (χ0) is 21.9. The van der Waals surface area contributed by atoms with Gasteiger partial charge < -0.3 is 4.98 Å². The van der Waals surface area contributed by atoms with Crippen molar-refractivity contribution in [3.63, 3.8) is 0 Å². The predicted molar refractivity (Wildman–Crippen MR) is 130 cm³/mol. The maximum absolute atomic E-state index is 13.3. The number of thioether (sulfide) groups is 1. The molecule has 0 bridgehead atoms. The molecule has 1 N–H and O–H groups in total. The van der Waals surface area contributed by atoms with E-state index in [9.17, 15) is 9.59 Å². The van der Waals surface area contributed by atoms with E-state index in [2.05, 4.69) is 4.98 Å². The van der Waals surface area contributed by atoms with Crippen LogP contribution in [-0.4, -0.2) is 19.5 Å². The molecule has 6 nitrogen and oxygen atoms in total. The molecule has 1 atom stereocenters. The lowest BCUT2D eigenvalue weighted by Gasteiger charge is -2.15. The second-order valence-corrected chi connectivity index (χ2v) is 11.6. The summed E-state index contributed by atoms with van der Waals surface area (Å²) in [7, 11) is 0. The van der Waals surface area contributed by atoms with Crippen LogP contribution in [0.5, 0.6) is 0 Å². The lowest BCUT2D eigenvalue weighted by Crippen LogP contribution is -2.23. The van der Waals surface area contributed by atoms with Gasteiger partial charge in [0.1, 0.15) is 15.5 Å². The lowest BCUT2D eigenvalue weighted by molar-refractivity contribution is 0.632. The molecule has 0 radical (unpaired) electrons. The van der Waals surface area contributed by atoms with Gasteiger partial charge in [0.2, 0.25) is 0 Å². The Bertz CT molecular complexity index is 1440. The predicted octanol–water partition coefficient (Wildman–Crippen LogP) is 5.12. The average Bonchev–Trinajstić information content (AvgIpc) is 3.25. The minimum Gasteiger partial charge on any atom is -0.309 e. The molecule has 1 unspecified atom stereocenters. The highest BCUT2D eigenvalue weighted by atomic mass is 32.2. The van der Waals surface area contributed by atoms with E-state index < -0.39 is 0 Å². The molecule has 0 aliphatic heterocycles. The highest BCUT2D eigenvalue weighted by Gasteiger charge is 2.24. The van der Waals surface area contributed by atoms with Crippen molar-refractivity contribution in [3.05, 3.63) is 47.4 Å². The number of rotatable bonds is 4. The summed E-state index contributed by atoms with van der Waals surface area (Å²) in [6.45, 7) is 8.51. The van der Waals surface area contributed by atoms with Gasteiger partial charge in [-0.05, 0) is 64.5 Å². The molecule has 1 aliphatic carbocycles. The molecule has 0 aromatic carbocycles. The van der Waals surface area contributed by atoms with Crippen LogP contribution >= 0.6 is 34.4 Å². The zero-order valence-electron chi connectivity index (χ0n) is 18.0. The van der Waals surface area contributed by atoms with E-state index in [0.717, 1.165) is 44.8 Å². The number of hydrogen-bond acceptors (Lipinski definition) is 7. The van der Waals surface area contributed by atoms with E-state index in [0.29, 0.717) is 22.9 Å². The quantitative estimate of drug-likeness (QED) is 0.329. The third-order valence-corrected chi connectivity index (χ3v) is 9.47. The summed E-state index contributed by atoms with van der Waals surface area (Å²) in [6.07, 6.45) is 4.35. The van der Waals surface area contributed by atoms with Gasteiger partial charge in [-0.1, -0.05) is 11.8 Å². The third kappa shape index (κ3) is 3.37. The van der Waals surface area contributed by atoms with Gasteiger partial charge in [0.05, 0.1) is 16.0 Å². The molecular formula is C22H24N4O2S3. The molecule has 0 amide bonds. The van der Waals surface area contributed by atoms with Crippen molar-refractivity contribution in [1.82, 2.24) is 19.5 Å². The fraction of sp³-hybridized carbons (Fsp3) is 0.455. The van der Waals surface area contributed by atoms with Crippen molar-refractivity contribution in [2.75, 3.05) is 0 Å². The maximum atomic E-state index is 13.3. The molecule has 4 aromatic rings. The largest absolute Gasteiger partial charge is 0.309 e. The van der Waals surface area contributed by atoms with E-state index >= 15 is 0 Å². The number of fused-ring (bicyclic) bond motifs is 4. The second-order valence-electron chi connectivity index (χ2n) is 8.01. The molecule has 5 rings (SSSR count). The number of aromatic nitrogens is 4. The van der Waals surface area contributed by atoms with Gasteiger partial charge in [-0.3, -0.25) is 14.2 Å². The maximum Gasteiger partial charge on any atom is 0.263 e. The molecular weight excluding hydrogens is 448 g/mol. The molecule has 31 heavy (non-hydrogen) atoms. The van der Waals surface area contributed by atoms with Crippen LogP contribution in [0.3, 0.4) is 0 Å². The van der Waals surface area contributed by atoms with E-state index in [4.69, 9.17) is 9.97 Å². The van der Waals surface area contributed by atoms with Crippen molar-refractivity contribution in [2.24, 2.45) is 0 Å². The highest BCUT2D eigenvalue weighted by molar-refractivity contribution is 7.99. The normalized spacial score (nSPS) is 15.0. The Hall–Kier alpha value is -1.97. The first kappa shape index (κ1) is 20.9. The van der Waals surface area contributed by atoms with Crippen LogP contribution in [0.1, 0.15) is 58.6 Å². The number of nitrogens with one attached hydrogen (secondary N) is 1. The van der Waals surface area contributed by atoms with Gasteiger partial charge in [0.25, 0.3) is 11.1 Å². The SMILES string of the molecule is CCn1c(SC(C)c2nc3sc(C)c(C)c3c(=O)[nH]2)nc2sc3c(c2c1=O)CCCC3. The summed E-state index contributed by atoms with van der Waals surface area (Å²) < 4.78 is 1.77. The fourth-order valence-electron chi connectivity index (χ4n) is 4.27. The molecule has 0 spiro atoms. The van der Waals surface area contributed by atoms with Gasteiger partial charge in [-0.2, -0.15) is 0 Å². The van der Waals surface area contributed by atoms with Crippen LogP contribution in [0.25, 0.3) is 20.4 Å². The van der Waals surface area contributed by atoms with Crippen molar-refractivity contribution >= 4 is 54.9 Å². The molecule has 162 valence electrons. The molecule has 1 aliphatic rings. The number of thiophene rings is 2.